The molecular formula is C21H26N6O. The molecule has 0 bridgehead atoms. The number of aryl methyl sites for hydroxylation is 1. The number of fused-ring (bicyclic) bond motifs is 2. The fourth-order valence-corrected chi connectivity index (χ4v) is 4.46. The van der Waals surface area contributed by atoms with Crippen LogP contribution in [0, 0.1) is 6.92 Å². The Kier molecular flexibility index (Phi) is 4.68. The van der Waals surface area contributed by atoms with Crippen LogP contribution in [-0.4, -0.2) is 43.2 Å². The molecule has 3 aromatic rings. The maximum absolute atomic E-state index is 6.00. The van der Waals surface area contributed by atoms with E-state index in [1.54, 1.807) is 0 Å². The lowest BCUT2D eigenvalue weighted by atomic mass is 9.95. The van der Waals surface area contributed by atoms with Gasteiger partial charge < -0.3 is 4.74 Å². The minimum atomic E-state index is 0.447. The molecule has 0 radical (unpaired) electrons. The van der Waals surface area contributed by atoms with Gasteiger partial charge in [-0.2, -0.15) is 0 Å². The quantitative estimate of drug-likeness (QED) is 0.695. The van der Waals surface area contributed by atoms with Gasteiger partial charge in [0.25, 0.3) is 0 Å². The van der Waals surface area contributed by atoms with E-state index in [1.165, 1.54) is 37.7 Å². The summed E-state index contributed by atoms with van der Waals surface area (Å²) in [5.74, 6) is 1.72. The largest absolute Gasteiger partial charge is 0.476 e. The number of tetrazole rings is 1. The molecule has 1 fully saturated rings. The fraction of sp³-hybridized carbons (Fsp3) is 0.524. The Labute approximate surface area is 164 Å². The summed E-state index contributed by atoms with van der Waals surface area (Å²) in [6, 6.07) is 8.96. The molecule has 0 unspecified atom stereocenters. The van der Waals surface area contributed by atoms with Crippen LogP contribution in [0.3, 0.4) is 0 Å². The van der Waals surface area contributed by atoms with E-state index in [4.69, 9.17) is 9.72 Å². The highest BCUT2D eigenvalue weighted by molar-refractivity contribution is 5.83. The normalized spacial score (nSPS) is 18.6. The summed E-state index contributed by atoms with van der Waals surface area (Å²) in [7, 11) is 0. The van der Waals surface area contributed by atoms with Crippen molar-refractivity contribution in [1.29, 1.82) is 0 Å². The molecule has 7 nitrogen and oxygen atoms in total. The number of ether oxygens (including phenoxy) is 1. The van der Waals surface area contributed by atoms with Crippen LogP contribution in [0.2, 0.25) is 0 Å². The van der Waals surface area contributed by atoms with Crippen LogP contribution in [0.5, 0.6) is 5.88 Å². The zero-order valence-corrected chi connectivity index (χ0v) is 16.3. The highest BCUT2D eigenvalue weighted by Crippen LogP contribution is 2.30. The van der Waals surface area contributed by atoms with Gasteiger partial charge in [0.1, 0.15) is 6.61 Å². The summed E-state index contributed by atoms with van der Waals surface area (Å²) >= 11 is 0. The number of para-hydroxylation sites is 1. The summed E-state index contributed by atoms with van der Waals surface area (Å²) < 4.78 is 8.06. The van der Waals surface area contributed by atoms with Crippen molar-refractivity contribution in [1.82, 2.24) is 30.1 Å². The number of nitrogens with zero attached hydrogens (tertiary/aromatic N) is 6. The van der Waals surface area contributed by atoms with Gasteiger partial charge in [0.05, 0.1) is 18.1 Å². The zero-order chi connectivity index (χ0) is 18.9. The molecular weight excluding hydrogens is 352 g/mol. The fourth-order valence-electron chi connectivity index (χ4n) is 4.46. The van der Waals surface area contributed by atoms with Crippen molar-refractivity contribution >= 4 is 10.9 Å². The number of benzene rings is 1. The lowest BCUT2D eigenvalue weighted by molar-refractivity contribution is 0.205. The van der Waals surface area contributed by atoms with Gasteiger partial charge in [-0.25, -0.2) is 9.67 Å². The van der Waals surface area contributed by atoms with Crippen LogP contribution >= 0.6 is 0 Å². The molecule has 1 aromatic carbocycles. The van der Waals surface area contributed by atoms with Crippen LogP contribution in [0.15, 0.2) is 24.3 Å². The average molecular weight is 378 g/mol. The van der Waals surface area contributed by atoms with Gasteiger partial charge in [0, 0.05) is 24.0 Å². The molecule has 0 atom stereocenters. The van der Waals surface area contributed by atoms with E-state index < -0.39 is 0 Å². The molecule has 1 aliphatic heterocycles. The Balaban J connectivity index is 1.39. The molecule has 3 heterocycles. The lowest BCUT2D eigenvalue weighted by Gasteiger charge is -2.24. The Morgan fingerprint density at radius 1 is 1.18 bits per heavy atom. The van der Waals surface area contributed by atoms with Gasteiger partial charge in [-0.15, -0.1) is 5.10 Å². The predicted octanol–water partition coefficient (Wildman–Crippen LogP) is 3.43. The molecule has 0 spiro atoms. The topological polar surface area (TPSA) is 69.0 Å². The smallest absolute Gasteiger partial charge is 0.218 e. The van der Waals surface area contributed by atoms with E-state index in [0.29, 0.717) is 12.6 Å². The molecule has 2 aliphatic rings. The summed E-state index contributed by atoms with van der Waals surface area (Å²) in [4.78, 5) is 7.16. The second-order valence-corrected chi connectivity index (χ2v) is 7.99. The standard InChI is InChI=1S/C21H26N6O/c1-15-6-5-7-16-12-17-13-26(10-11-28-21(17)22-20(15)16)14-19-23-24-25-27(19)18-8-3-2-4-9-18/h5-7,12,18H,2-4,8-11,13-14H2,1H3. The monoisotopic (exact) mass is 378 g/mol. The van der Waals surface area contributed by atoms with E-state index >= 15 is 0 Å². The van der Waals surface area contributed by atoms with E-state index in [-0.39, 0.29) is 0 Å². The van der Waals surface area contributed by atoms with Crippen LogP contribution in [0.25, 0.3) is 10.9 Å². The first kappa shape index (κ1) is 17.6. The second kappa shape index (κ2) is 7.47. The summed E-state index contributed by atoms with van der Waals surface area (Å²) in [5, 5.41) is 13.8. The van der Waals surface area contributed by atoms with E-state index in [0.717, 1.165) is 47.8 Å². The van der Waals surface area contributed by atoms with Crippen LogP contribution < -0.4 is 4.74 Å². The minimum absolute atomic E-state index is 0.447. The van der Waals surface area contributed by atoms with Gasteiger partial charge >= 0.3 is 0 Å². The molecule has 2 aromatic heterocycles. The molecule has 0 saturated heterocycles. The van der Waals surface area contributed by atoms with Gasteiger partial charge in [0.15, 0.2) is 5.82 Å². The minimum Gasteiger partial charge on any atom is -0.476 e. The van der Waals surface area contributed by atoms with Gasteiger partial charge in [0.2, 0.25) is 5.88 Å². The van der Waals surface area contributed by atoms with E-state index in [1.807, 2.05) is 0 Å². The summed E-state index contributed by atoms with van der Waals surface area (Å²) in [6.07, 6.45) is 6.23. The average Bonchev–Trinajstić information content (AvgIpc) is 3.08. The Morgan fingerprint density at radius 3 is 2.96 bits per heavy atom. The molecule has 28 heavy (non-hydrogen) atoms. The van der Waals surface area contributed by atoms with Gasteiger partial charge in [-0.1, -0.05) is 37.5 Å². The summed E-state index contributed by atoms with van der Waals surface area (Å²) in [6.45, 7) is 5.09. The first-order valence-corrected chi connectivity index (χ1v) is 10.3. The van der Waals surface area contributed by atoms with Crippen molar-refractivity contribution in [3.05, 3.63) is 41.2 Å². The molecule has 1 aliphatic carbocycles. The first-order valence-electron chi connectivity index (χ1n) is 10.3. The predicted molar refractivity (Wildman–Crippen MR) is 106 cm³/mol. The second-order valence-electron chi connectivity index (χ2n) is 7.99. The van der Waals surface area contributed by atoms with E-state index in [9.17, 15) is 0 Å². The van der Waals surface area contributed by atoms with Crippen molar-refractivity contribution < 1.29 is 4.74 Å². The van der Waals surface area contributed by atoms with Crippen molar-refractivity contribution in [2.24, 2.45) is 0 Å². The number of hydrogen-bond acceptors (Lipinski definition) is 6. The molecule has 0 N–H and O–H groups in total. The Morgan fingerprint density at radius 2 is 2.07 bits per heavy atom. The highest BCUT2D eigenvalue weighted by Gasteiger charge is 2.23. The maximum Gasteiger partial charge on any atom is 0.218 e. The number of rotatable bonds is 3. The van der Waals surface area contributed by atoms with Crippen LogP contribution in [0.4, 0.5) is 0 Å². The van der Waals surface area contributed by atoms with Crippen molar-refractivity contribution in [2.75, 3.05) is 13.2 Å². The maximum atomic E-state index is 6.00. The third-order valence-corrected chi connectivity index (χ3v) is 5.97. The Hall–Kier alpha value is -2.54. The SMILES string of the molecule is Cc1cccc2cc3c(nc12)OCCN(Cc1nnnn1C1CCCCC1)C3. The number of aromatic nitrogens is 5. The zero-order valence-electron chi connectivity index (χ0n) is 16.3. The van der Waals surface area contributed by atoms with Crippen LogP contribution in [-0.2, 0) is 13.1 Å². The molecule has 0 amide bonds. The van der Waals surface area contributed by atoms with Crippen molar-refractivity contribution in [3.63, 3.8) is 0 Å². The van der Waals surface area contributed by atoms with Gasteiger partial charge in [-0.3, -0.25) is 4.90 Å². The van der Waals surface area contributed by atoms with Crippen LogP contribution in [0.1, 0.15) is 55.1 Å². The first-order chi connectivity index (χ1) is 13.8. The Bertz CT molecular complexity index is 978. The third-order valence-electron chi connectivity index (χ3n) is 5.97. The molecule has 7 heteroatoms. The molecule has 1 saturated carbocycles. The highest BCUT2D eigenvalue weighted by atomic mass is 16.5. The summed E-state index contributed by atoms with van der Waals surface area (Å²) in [5.41, 5.74) is 3.33. The van der Waals surface area contributed by atoms with E-state index in [2.05, 4.69) is 56.3 Å². The lowest BCUT2D eigenvalue weighted by Crippen LogP contribution is -2.28. The van der Waals surface area contributed by atoms with Gasteiger partial charge in [-0.05, 0) is 41.8 Å². The van der Waals surface area contributed by atoms with Crippen molar-refractivity contribution in [3.8, 4) is 5.88 Å². The van der Waals surface area contributed by atoms with Crippen molar-refractivity contribution in [2.45, 2.75) is 58.2 Å². The number of hydrogen-bond donors (Lipinski definition) is 0. The molecule has 146 valence electrons. The molecule has 5 rings (SSSR count). The third kappa shape index (κ3) is 3.35. The number of pyridine rings is 1.